The van der Waals surface area contributed by atoms with Gasteiger partial charge in [-0.25, -0.2) is 4.39 Å². The Morgan fingerprint density at radius 2 is 1.96 bits per heavy atom. The summed E-state index contributed by atoms with van der Waals surface area (Å²) in [5.74, 6) is -0.592. The minimum Gasteiger partial charge on any atom is -0.494 e. The molecule has 25 heavy (non-hydrogen) atoms. The number of carbonyl (C=O) groups excluding carboxylic acids is 1. The molecule has 0 saturated carbocycles. The van der Waals surface area contributed by atoms with E-state index in [1.807, 2.05) is 13.8 Å². The normalized spacial score (nSPS) is 10.6. The summed E-state index contributed by atoms with van der Waals surface area (Å²) in [4.78, 5) is 26.8. The van der Waals surface area contributed by atoms with Crippen molar-refractivity contribution in [2.24, 2.45) is 0 Å². The number of halogens is 1. The average Bonchev–Trinajstić information content (AvgIpc) is 2.62. The van der Waals surface area contributed by atoms with Crippen LogP contribution in [-0.2, 0) is 0 Å². The molecule has 6 nitrogen and oxygen atoms in total. The van der Waals surface area contributed by atoms with Crippen LogP contribution in [0.15, 0.2) is 35.1 Å². The summed E-state index contributed by atoms with van der Waals surface area (Å²) in [7, 11) is 1.39. The number of hydrogen-bond donors (Lipinski definition) is 0. The van der Waals surface area contributed by atoms with Crippen LogP contribution in [0.25, 0.3) is 5.69 Å². The third kappa shape index (κ3) is 4.23. The highest BCUT2D eigenvalue weighted by molar-refractivity contribution is 5.94. The number of methoxy groups -OCH3 is 1. The van der Waals surface area contributed by atoms with Crippen LogP contribution in [0.3, 0.4) is 0 Å². The van der Waals surface area contributed by atoms with Crippen molar-refractivity contribution < 1.29 is 13.9 Å². The molecule has 1 aromatic heterocycles. The zero-order valence-corrected chi connectivity index (χ0v) is 14.7. The van der Waals surface area contributed by atoms with E-state index in [0.29, 0.717) is 18.8 Å². The largest absolute Gasteiger partial charge is 0.494 e. The van der Waals surface area contributed by atoms with E-state index in [2.05, 4.69) is 5.10 Å². The molecule has 2 aromatic rings. The Balaban J connectivity index is 2.49. The summed E-state index contributed by atoms with van der Waals surface area (Å²) in [5.41, 5.74) is -0.0271. The molecule has 0 aliphatic heterocycles. The molecule has 0 N–H and O–H groups in total. The maximum absolute atomic E-state index is 13.1. The fraction of sp³-hybridized carbons (Fsp3) is 0.389. The third-order valence-electron chi connectivity index (χ3n) is 3.84. The summed E-state index contributed by atoms with van der Waals surface area (Å²) in [5, 5.41) is 4.19. The van der Waals surface area contributed by atoms with Crippen molar-refractivity contribution in [2.75, 3.05) is 20.2 Å². The fourth-order valence-electron chi connectivity index (χ4n) is 2.41. The first kappa shape index (κ1) is 18.6. The molecule has 1 aromatic carbocycles. The molecule has 0 saturated heterocycles. The second-order valence-corrected chi connectivity index (χ2v) is 5.53. The molecular formula is C18H22FN3O3. The summed E-state index contributed by atoms with van der Waals surface area (Å²) < 4.78 is 19.4. The predicted octanol–water partition coefficient (Wildman–Crippen LogP) is 2.64. The Labute approximate surface area is 145 Å². The van der Waals surface area contributed by atoms with Gasteiger partial charge >= 0.3 is 0 Å². The number of nitrogens with zero attached hydrogens (tertiary/aromatic N) is 3. The summed E-state index contributed by atoms with van der Waals surface area (Å²) in [6.07, 6.45) is 1.84. The van der Waals surface area contributed by atoms with Gasteiger partial charge in [0.05, 0.1) is 18.9 Å². The van der Waals surface area contributed by atoms with Gasteiger partial charge in [0.2, 0.25) is 0 Å². The number of benzene rings is 1. The first-order chi connectivity index (χ1) is 12.0. The van der Waals surface area contributed by atoms with E-state index in [4.69, 9.17) is 4.74 Å². The predicted molar refractivity (Wildman–Crippen MR) is 92.8 cm³/mol. The lowest BCUT2D eigenvalue weighted by molar-refractivity contribution is 0.0750. The van der Waals surface area contributed by atoms with Crippen molar-refractivity contribution in [3.8, 4) is 11.4 Å². The van der Waals surface area contributed by atoms with Crippen LogP contribution in [0.2, 0.25) is 0 Å². The van der Waals surface area contributed by atoms with Crippen LogP contribution in [-0.4, -0.2) is 40.8 Å². The highest BCUT2D eigenvalue weighted by Crippen LogP contribution is 2.17. The molecule has 0 fully saturated rings. The molecule has 1 heterocycles. The Morgan fingerprint density at radius 3 is 2.52 bits per heavy atom. The average molecular weight is 347 g/mol. The number of unbranched alkanes of at least 4 members (excludes halogenated alkanes) is 1. The summed E-state index contributed by atoms with van der Waals surface area (Å²) >= 11 is 0. The van der Waals surface area contributed by atoms with E-state index in [1.54, 1.807) is 4.90 Å². The van der Waals surface area contributed by atoms with E-state index >= 15 is 0 Å². The van der Waals surface area contributed by atoms with E-state index in [-0.39, 0.29) is 17.4 Å². The monoisotopic (exact) mass is 347 g/mol. The van der Waals surface area contributed by atoms with Crippen LogP contribution < -0.4 is 10.3 Å². The van der Waals surface area contributed by atoms with Crippen molar-refractivity contribution in [1.29, 1.82) is 0 Å². The van der Waals surface area contributed by atoms with Crippen molar-refractivity contribution in [3.63, 3.8) is 0 Å². The lowest BCUT2D eigenvalue weighted by Gasteiger charge is -2.21. The highest BCUT2D eigenvalue weighted by atomic mass is 19.1. The van der Waals surface area contributed by atoms with Gasteiger partial charge in [-0.1, -0.05) is 13.3 Å². The quantitative estimate of drug-likeness (QED) is 0.772. The maximum atomic E-state index is 13.1. The maximum Gasteiger partial charge on any atom is 0.278 e. The fourth-order valence-corrected chi connectivity index (χ4v) is 2.41. The van der Waals surface area contributed by atoms with Crippen molar-refractivity contribution in [3.05, 3.63) is 52.2 Å². The topological polar surface area (TPSA) is 64.4 Å². The molecule has 7 heteroatoms. The minimum atomic E-state index is -0.461. The van der Waals surface area contributed by atoms with Crippen LogP contribution in [0.1, 0.15) is 37.2 Å². The molecule has 0 unspecified atom stereocenters. The molecule has 0 aliphatic carbocycles. The molecule has 0 atom stereocenters. The van der Waals surface area contributed by atoms with E-state index < -0.39 is 11.4 Å². The van der Waals surface area contributed by atoms with Crippen LogP contribution in [0.4, 0.5) is 4.39 Å². The Bertz CT molecular complexity index is 787. The Morgan fingerprint density at radius 1 is 1.28 bits per heavy atom. The number of ether oxygens (including phenoxy) is 1. The van der Waals surface area contributed by atoms with Gasteiger partial charge in [-0.2, -0.15) is 9.78 Å². The highest BCUT2D eigenvalue weighted by Gasteiger charge is 2.22. The molecule has 0 spiro atoms. The molecule has 2 rings (SSSR count). The van der Waals surface area contributed by atoms with Gasteiger partial charge in [-0.15, -0.1) is 0 Å². The zero-order valence-electron chi connectivity index (χ0n) is 14.7. The van der Waals surface area contributed by atoms with Crippen LogP contribution >= 0.6 is 0 Å². The zero-order chi connectivity index (χ0) is 18.4. The summed E-state index contributed by atoms with van der Waals surface area (Å²) in [6.45, 7) is 5.06. The Hall–Kier alpha value is -2.70. The smallest absolute Gasteiger partial charge is 0.278 e. The number of rotatable bonds is 7. The van der Waals surface area contributed by atoms with Gasteiger partial charge in [-0.3, -0.25) is 9.59 Å². The summed E-state index contributed by atoms with van der Waals surface area (Å²) in [6, 6.07) is 6.54. The van der Waals surface area contributed by atoms with E-state index in [1.165, 1.54) is 37.4 Å². The number of amides is 1. The first-order valence-corrected chi connectivity index (χ1v) is 8.25. The number of hydrogen-bond acceptors (Lipinski definition) is 4. The lowest BCUT2D eigenvalue weighted by Crippen LogP contribution is -2.34. The molecule has 0 aliphatic rings. The van der Waals surface area contributed by atoms with E-state index in [0.717, 1.165) is 17.5 Å². The van der Waals surface area contributed by atoms with Gasteiger partial charge in [0, 0.05) is 13.1 Å². The molecule has 1 amide bonds. The van der Waals surface area contributed by atoms with Gasteiger partial charge in [0.1, 0.15) is 5.82 Å². The van der Waals surface area contributed by atoms with Gasteiger partial charge in [0.15, 0.2) is 11.4 Å². The lowest BCUT2D eigenvalue weighted by atomic mass is 10.2. The van der Waals surface area contributed by atoms with Gasteiger partial charge in [-0.05, 0) is 37.6 Å². The van der Waals surface area contributed by atoms with E-state index in [9.17, 15) is 14.0 Å². The van der Waals surface area contributed by atoms with Crippen molar-refractivity contribution >= 4 is 5.91 Å². The molecule has 0 radical (unpaired) electrons. The Kier molecular flexibility index (Phi) is 6.27. The molecular weight excluding hydrogens is 325 g/mol. The van der Waals surface area contributed by atoms with Gasteiger partial charge < -0.3 is 9.64 Å². The third-order valence-corrected chi connectivity index (χ3v) is 3.84. The standard InChI is InChI=1S/C18H22FN3O3/c1-4-6-11-21(5-2)18(24)17-15(25-3)12-16(23)22(20-17)14-9-7-13(19)8-10-14/h7-10,12H,4-6,11H2,1-3H3. The minimum absolute atomic E-state index is 0.0596. The van der Waals surface area contributed by atoms with Crippen LogP contribution in [0, 0.1) is 5.82 Å². The second-order valence-electron chi connectivity index (χ2n) is 5.53. The van der Waals surface area contributed by atoms with Crippen LogP contribution in [0.5, 0.6) is 5.75 Å². The number of aromatic nitrogens is 2. The SMILES string of the molecule is CCCCN(CC)C(=O)c1nn(-c2ccc(F)cc2)c(=O)cc1OC. The van der Waals surface area contributed by atoms with Crippen molar-refractivity contribution in [1.82, 2.24) is 14.7 Å². The van der Waals surface area contributed by atoms with Crippen molar-refractivity contribution in [2.45, 2.75) is 26.7 Å². The first-order valence-electron chi connectivity index (χ1n) is 8.25. The second kappa shape index (κ2) is 8.41. The molecule has 0 bridgehead atoms. The number of carbonyl (C=O) groups is 1. The molecule has 134 valence electrons. The van der Waals surface area contributed by atoms with Gasteiger partial charge in [0.25, 0.3) is 11.5 Å².